The molecule has 2 atom stereocenters. The predicted octanol–water partition coefficient (Wildman–Crippen LogP) is 2.99. The van der Waals surface area contributed by atoms with Crippen molar-refractivity contribution in [3.05, 3.63) is 35.1 Å². The third-order valence-corrected chi connectivity index (χ3v) is 4.20. The van der Waals surface area contributed by atoms with E-state index in [2.05, 4.69) is 12.2 Å². The number of carbonyl (C=O) groups is 2. The van der Waals surface area contributed by atoms with Gasteiger partial charge in [-0.3, -0.25) is 4.79 Å². The fraction of sp³-hybridized carbons (Fsp3) is 0.529. The second-order valence-corrected chi connectivity index (χ2v) is 5.98. The Balaban J connectivity index is 1.82. The minimum Gasteiger partial charge on any atom is -0.452 e. The van der Waals surface area contributed by atoms with Gasteiger partial charge >= 0.3 is 5.97 Å². The van der Waals surface area contributed by atoms with Gasteiger partial charge in [0.1, 0.15) is 5.82 Å². The average Bonchev–Trinajstić information content (AvgIpc) is 2.50. The highest BCUT2D eigenvalue weighted by atomic mass is 19.1. The fourth-order valence-electron chi connectivity index (χ4n) is 2.71. The SMILES string of the molecule is Cc1ccc(C(=O)OCC(=O)N[C@H]2CCCC[C@@H]2C)cc1F. The first-order valence-electron chi connectivity index (χ1n) is 7.70. The Morgan fingerprint density at radius 2 is 2.05 bits per heavy atom. The molecule has 1 amide bonds. The standard InChI is InChI=1S/C17H22FNO3/c1-11-7-8-13(9-14(11)18)17(21)22-10-16(20)19-15-6-4-3-5-12(15)2/h7-9,12,15H,3-6,10H2,1-2H3,(H,19,20)/t12-,15-/m0/s1. The Morgan fingerprint density at radius 3 is 2.73 bits per heavy atom. The van der Waals surface area contributed by atoms with Crippen LogP contribution in [0, 0.1) is 18.7 Å². The molecule has 5 heteroatoms. The maximum Gasteiger partial charge on any atom is 0.338 e. The van der Waals surface area contributed by atoms with E-state index in [0.29, 0.717) is 11.5 Å². The third-order valence-electron chi connectivity index (χ3n) is 4.20. The van der Waals surface area contributed by atoms with Crippen molar-refractivity contribution in [1.29, 1.82) is 0 Å². The van der Waals surface area contributed by atoms with E-state index in [1.165, 1.54) is 18.6 Å². The summed E-state index contributed by atoms with van der Waals surface area (Å²) < 4.78 is 18.3. The second-order valence-electron chi connectivity index (χ2n) is 5.98. The summed E-state index contributed by atoms with van der Waals surface area (Å²) in [5, 5.41) is 2.91. The van der Waals surface area contributed by atoms with Gasteiger partial charge in [0, 0.05) is 6.04 Å². The molecule has 1 aliphatic rings. The van der Waals surface area contributed by atoms with Crippen LogP contribution in [-0.2, 0) is 9.53 Å². The van der Waals surface area contributed by atoms with Crippen LogP contribution >= 0.6 is 0 Å². The minimum absolute atomic E-state index is 0.113. The van der Waals surface area contributed by atoms with Crippen molar-refractivity contribution in [3.63, 3.8) is 0 Å². The monoisotopic (exact) mass is 307 g/mol. The van der Waals surface area contributed by atoms with Crippen LogP contribution in [-0.4, -0.2) is 24.5 Å². The molecule has 1 aliphatic carbocycles. The molecular formula is C17H22FNO3. The molecule has 0 aliphatic heterocycles. The Hall–Kier alpha value is -1.91. The number of hydrogen-bond acceptors (Lipinski definition) is 3. The number of rotatable bonds is 4. The van der Waals surface area contributed by atoms with Gasteiger partial charge in [-0.1, -0.05) is 25.8 Å². The molecule has 0 heterocycles. The first kappa shape index (κ1) is 16.5. The molecule has 1 aromatic carbocycles. The second kappa shape index (κ2) is 7.38. The molecule has 120 valence electrons. The van der Waals surface area contributed by atoms with Gasteiger partial charge in [-0.15, -0.1) is 0 Å². The maximum absolute atomic E-state index is 13.4. The molecule has 0 aromatic heterocycles. The van der Waals surface area contributed by atoms with E-state index in [0.717, 1.165) is 25.3 Å². The molecule has 22 heavy (non-hydrogen) atoms. The van der Waals surface area contributed by atoms with E-state index in [9.17, 15) is 14.0 Å². The number of amides is 1. The zero-order valence-electron chi connectivity index (χ0n) is 13.0. The number of hydrogen-bond donors (Lipinski definition) is 1. The number of benzene rings is 1. The van der Waals surface area contributed by atoms with Crippen molar-refractivity contribution in [3.8, 4) is 0 Å². The van der Waals surface area contributed by atoms with Crippen LogP contribution < -0.4 is 5.32 Å². The van der Waals surface area contributed by atoms with E-state index in [1.807, 2.05) is 0 Å². The zero-order valence-corrected chi connectivity index (χ0v) is 13.0. The molecule has 0 bridgehead atoms. The maximum atomic E-state index is 13.4. The Labute approximate surface area is 130 Å². The average molecular weight is 307 g/mol. The van der Waals surface area contributed by atoms with Crippen molar-refractivity contribution in [2.24, 2.45) is 5.92 Å². The lowest BCUT2D eigenvalue weighted by atomic mass is 9.86. The van der Waals surface area contributed by atoms with Crippen LogP contribution in [0.25, 0.3) is 0 Å². The van der Waals surface area contributed by atoms with Crippen LogP contribution in [0.4, 0.5) is 4.39 Å². The molecule has 0 unspecified atom stereocenters. The summed E-state index contributed by atoms with van der Waals surface area (Å²) in [5.41, 5.74) is 0.572. The van der Waals surface area contributed by atoms with Gasteiger partial charge in [-0.2, -0.15) is 0 Å². The third kappa shape index (κ3) is 4.29. The van der Waals surface area contributed by atoms with Crippen LogP contribution in [0.5, 0.6) is 0 Å². The molecule has 0 radical (unpaired) electrons. The lowest BCUT2D eigenvalue weighted by Crippen LogP contribution is -2.42. The molecule has 4 nitrogen and oxygen atoms in total. The lowest BCUT2D eigenvalue weighted by Gasteiger charge is -2.29. The molecule has 0 saturated heterocycles. The Bertz CT molecular complexity index is 559. The molecule has 1 saturated carbocycles. The summed E-state index contributed by atoms with van der Waals surface area (Å²) in [4.78, 5) is 23.7. The van der Waals surface area contributed by atoms with Gasteiger partial charge < -0.3 is 10.1 Å². The number of aryl methyl sites for hydroxylation is 1. The topological polar surface area (TPSA) is 55.4 Å². The van der Waals surface area contributed by atoms with Crippen molar-refractivity contribution >= 4 is 11.9 Å². The van der Waals surface area contributed by atoms with Gasteiger partial charge in [-0.05, 0) is 43.4 Å². The molecule has 2 rings (SSSR count). The highest BCUT2D eigenvalue weighted by Crippen LogP contribution is 2.23. The van der Waals surface area contributed by atoms with E-state index >= 15 is 0 Å². The lowest BCUT2D eigenvalue weighted by molar-refractivity contribution is -0.125. The fourth-order valence-corrected chi connectivity index (χ4v) is 2.71. The van der Waals surface area contributed by atoms with Gasteiger partial charge in [0.2, 0.25) is 0 Å². The highest BCUT2D eigenvalue weighted by Gasteiger charge is 2.23. The summed E-state index contributed by atoms with van der Waals surface area (Å²) in [6.07, 6.45) is 4.37. The molecule has 1 N–H and O–H groups in total. The molecular weight excluding hydrogens is 285 g/mol. The summed E-state index contributed by atoms with van der Waals surface area (Å²) >= 11 is 0. The van der Waals surface area contributed by atoms with E-state index in [1.54, 1.807) is 6.92 Å². The van der Waals surface area contributed by atoms with E-state index in [-0.39, 0.29) is 24.1 Å². The van der Waals surface area contributed by atoms with Crippen molar-refractivity contribution in [1.82, 2.24) is 5.32 Å². The van der Waals surface area contributed by atoms with Crippen LogP contribution in [0.1, 0.15) is 48.5 Å². The van der Waals surface area contributed by atoms with Gasteiger partial charge in [-0.25, -0.2) is 9.18 Å². The highest BCUT2D eigenvalue weighted by molar-refractivity contribution is 5.91. The Morgan fingerprint density at radius 1 is 1.32 bits per heavy atom. The smallest absolute Gasteiger partial charge is 0.338 e. The number of ether oxygens (including phenoxy) is 1. The van der Waals surface area contributed by atoms with Gasteiger partial charge in [0.05, 0.1) is 5.56 Å². The number of carbonyl (C=O) groups excluding carboxylic acids is 2. The minimum atomic E-state index is -0.689. The predicted molar refractivity (Wildman–Crippen MR) is 81.0 cm³/mol. The summed E-state index contributed by atoms with van der Waals surface area (Å²) in [5.74, 6) is -1.01. The molecule has 1 aromatic rings. The van der Waals surface area contributed by atoms with E-state index in [4.69, 9.17) is 4.74 Å². The Kier molecular flexibility index (Phi) is 5.52. The van der Waals surface area contributed by atoms with Crippen LogP contribution in [0.2, 0.25) is 0 Å². The van der Waals surface area contributed by atoms with Crippen LogP contribution in [0.3, 0.4) is 0 Å². The zero-order chi connectivity index (χ0) is 16.1. The molecule has 0 spiro atoms. The summed E-state index contributed by atoms with van der Waals surface area (Å²) in [6, 6.07) is 4.27. The molecule has 1 fully saturated rings. The van der Waals surface area contributed by atoms with E-state index < -0.39 is 11.8 Å². The van der Waals surface area contributed by atoms with Crippen molar-refractivity contribution in [2.45, 2.75) is 45.6 Å². The number of esters is 1. The summed E-state index contributed by atoms with van der Waals surface area (Å²) in [7, 11) is 0. The largest absolute Gasteiger partial charge is 0.452 e. The van der Waals surface area contributed by atoms with Gasteiger partial charge in [0.15, 0.2) is 6.61 Å². The first-order chi connectivity index (χ1) is 10.5. The summed E-state index contributed by atoms with van der Waals surface area (Å²) in [6.45, 7) is 3.39. The van der Waals surface area contributed by atoms with Gasteiger partial charge in [0.25, 0.3) is 5.91 Å². The number of halogens is 1. The number of nitrogens with one attached hydrogen (secondary N) is 1. The van der Waals surface area contributed by atoms with Crippen molar-refractivity contribution in [2.75, 3.05) is 6.61 Å². The first-order valence-corrected chi connectivity index (χ1v) is 7.70. The quantitative estimate of drug-likeness (QED) is 0.870. The normalized spacial score (nSPS) is 21.2. The van der Waals surface area contributed by atoms with Crippen LogP contribution in [0.15, 0.2) is 18.2 Å². The van der Waals surface area contributed by atoms with Crippen molar-refractivity contribution < 1.29 is 18.7 Å².